The van der Waals surface area contributed by atoms with Crippen molar-refractivity contribution in [3.63, 3.8) is 0 Å². The Hall–Kier alpha value is -2.68. The van der Waals surface area contributed by atoms with Crippen LogP contribution in [0.3, 0.4) is 0 Å². The van der Waals surface area contributed by atoms with Gasteiger partial charge in [0.25, 0.3) is 5.91 Å². The zero-order chi connectivity index (χ0) is 24.0. The molecular formula is C25H27BrN2O4S. The monoisotopic (exact) mass is 530 g/mol. The molecule has 0 bridgehead atoms. The molecule has 3 aromatic rings. The summed E-state index contributed by atoms with van der Waals surface area (Å²) in [5, 5.41) is 2.91. The van der Waals surface area contributed by atoms with Crippen molar-refractivity contribution in [2.24, 2.45) is 0 Å². The normalized spacial score (nSPS) is 12.2. The van der Waals surface area contributed by atoms with Gasteiger partial charge in [-0.05, 0) is 73.4 Å². The first-order valence-electron chi connectivity index (χ1n) is 10.6. The number of hydrogen-bond acceptors (Lipinski definition) is 4. The van der Waals surface area contributed by atoms with E-state index in [2.05, 4.69) is 26.0 Å². The number of sulfonamides is 1. The van der Waals surface area contributed by atoms with Crippen molar-refractivity contribution in [2.45, 2.75) is 38.1 Å². The third-order valence-corrected chi connectivity index (χ3v) is 7.18. The summed E-state index contributed by atoms with van der Waals surface area (Å²) in [4.78, 5) is 12.5. The second kappa shape index (κ2) is 11.0. The Morgan fingerprint density at radius 2 is 1.73 bits per heavy atom. The molecule has 33 heavy (non-hydrogen) atoms. The summed E-state index contributed by atoms with van der Waals surface area (Å²) in [5.74, 6) is 0.119. The number of carbonyl (C=O) groups is 1. The predicted octanol–water partition coefficient (Wildman–Crippen LogP) is 5.38. The maximum atomic E-state index is 12.7. The van der Waals surface area contributed by atoms with Crippen LogP contribution in [0.5, 0.6) is 5.75 Å². The molecule has 174 valence electrons. The average Bonchev–Trinajstić information content (AvgIpc) is 2.79. The maximum absolute atomic E-state index is 12.7. The number of amides is 1. The van der Waals surface area contributed by atoms with Gasteiger partial charge in [-0.1, -0.05) is 53.2 Å². The number of nitrogens with one attached hydrogen (secondary N) is 2. The molecule has 0 saturated carbocycles. The Morgan fingerprint density at radius 1 is 1.06 bits per heavy atom. The molecule has 0 fully saturated rings. The Morgan fingerprint density at radius 3 is 2.36 bits per heavy atom. The molecule has 0 aromatic heterocycles. The van der Waals surface area contributed by atoms with Crippen LogP contribution in [0.2, 0.25) is 0 Å². The van der Waals surface area contributed by atoms with Crippen LogP contribution >= 0.6 is 15.9 Å². The smallest absolute Gasteiger partial charge is 0.262 e. The standard InChI is InChI=1S/C25H27BrN2O4S/c1-4-19-15-21(26)14-17(2)25(19)27-24(29)16-32-22-10-12-23(13-11-22)33(30,31)28-18(3)20-8-6-5-7-9-20/h5-15,18,28H,4,16H2,1-3H3,(H,27,29)/t18-/m0/s1. The first-order chi connectivity index (χ1) is 15.7. The summed E-state index contributed by atoms with van der Waals surface area (Å²) in [6.07, 6.45) is 0.781. The topological polar surface area (TPSA) is 84.5 Å². The van der Waals surface area contributed by atoms with Crippen molar-refractivity contribution in [3.8, 4) is 5.75 Å². The molecule has 3 aromatic carbocycles. The zero-order valence-electron chi connectivity index (χ0n) is 18.8. The third-order valence-electron chi connectivity index (χ3n) is 5.16. The number of rotatable bonds is 9. The average molecular weight is 531 g/mol. The van der Waals surface area contributed by atoms with E-state index in [1.165, 1.54) is 24.3 Å². The molecule has 0 spiro atoms. The van der Waals surface area contributed by atoms with Crippen LogP contribution in [0, 0.1) is 6.92 Å². The summed E-state index contributed by atoms with van der Waals surface area (Å²) in [6.45, 7) is 5.57. The molecule has 0 heterocycles. The van der Waals surface area contributed by atoms with Gasteiger partial charge in [-0.15, -0.1) is 0 Å². The van der Waals surface area contributed by atoms with E-state index in [-0.39, 0.29) is 23.5 Å². The number of anilines is 1. The molecule has 0 aliphatic heterocycles. The lowest BCUT2D eigenvalue weighted by atomic mass is 10.1. The third kappa shape index (κ3) is 6.66. The molecule has 8 heteroatoms. The molecule has 1 amide bonds. The fourth-order valence-corrected chi connectivity index (χ4v) is 5.27. The summed E-state index contributed by atoms with van der Waals surface area (Å²) in [7, 11) is -3.70. The number of aryl methyl sites for hydroxylation is 2. The largest absolute Gasteiger partial charge is 0.484 e. The molecule has 0 unspecified atom stereocenters. The van der Waals surface area contributed by atoms with Gasteiger partial charge in [0.2, 0.25) is 10.0 Å². The molecule has 0 aliphatic rings. The minimum Gasteiger partial charge on any atom is -0.484 e. The van der Waals surface area contributed by atoms with E-state index in [1.807, 2.05) is 56.3 Å². The minimum atomic E-state index is -3.70. The van der Waals surface area contributed by atoms with Crippen molar-refractivity contribution >= 4 is 37.5 Å². The Labute approximate surface area is 203 Å². The van der Waals surface area contributed by atoms with Gasteiger partial charge < -0.3 is 10.1 Å². The SMILES string of the molecule is CCc1cc(Br)cc(C)c1NC(=O)COc1ccc(S(=O)(=O)N[C@@H](C)c2ccccc2)cc1. The van der Waals surface area contributed by atoms with Crippen molar-refractivity contribution in [1.29, 1.82) is 0 Å². The first kappa shape index (κ1) is 25.0. The van der Waals surface area contributed by atoms with Crippen LogP contribution in [0.4, 0.5) is 5.69 Å². The molecule has 3 rings (SSSR count). The van der Waals surface area contributed by atoms with Gasteiger partial charge in [-0.3, -0.25) is 4.79 Å². The Bertz CT molecular complexity index is 1210. The van der Waals surface area contributed by atoms with Gasteiger partial charge in [0.15, 0.2) is 6.61 Å². The maximum Gasteiger partial charge on any atom is 0.262 e. The van der Waals surface area contributed by atoms with Crippen molar-refractivity contribution in [2.75, 3.05) is 11.9 Å². The number of benzene rings is 3. The van der Waals surface area contributed by atoms with Gasteiger partial charge in [-0.25, -0.2) is 13.1 Å². The van der Waals surface area contributed by atoms with E-state index in [0.717, 1.165) is 33.3 Å². The van der Waals surface area contributed by atoms with Gasteiger partial charge in [0, 0.05) is 16.2 Å². The second-order valence-electron chi connectivity index (χ2n) is 7.67. The number of halogens is 1. The molecule has 2 N–H and O–H groups in total. The number of hydrogen-bond donors (Lipinski definition) is 2. The van der Waals surface area contributed by atoms with Gasteiger partial charge in [0.1, 0.15) is 5.75 Å². The van der Waals surface area contributed by atoms with Gasteiger partial charge in [-0.2, -0.15) is 0 Å². The van der Waals surface area contributed by atoms with Crippen LogP contribution in [0.25, 0.3) is 0 Å². The lowest BCUT2D eigenvalue weighted by Crippen LogP contribution is -2.26. The molecule has 1 atom stereocenters. The predicted molar refractivity (Wildman–Crippen MR) is 134 cm³/mol. The van der Waals surface area contributed by atoms with E-state index in [0.29, 0.717) is 5.75 Å². The van der Waals surface area contributed by atoms with Crippen LogP contribution in [0.1, 0.15) is 36.6 Å². The van der Waals surface area contributed by atoms with Crippen molar-refractivity contribution in [3.05, 3.63) is 87.9 Å². The van der Waals surface area contributed by atoms with Crippen LogP contribution < -0.4 is 14.8 Å². The summed E-state index contributed by atoms with van der Waals surface area (Å²) in [6, 6.07) is 18.9. The van der Waals surface area contributed by atoms with Gasteiger partial charge in [0.05, 0.1) is 4.90 Å². The van der Waals surface area contributed by atoms with E-state index in [9.17, 15) is 13.2 Å². The minimum absolute atomic E-state index is 0.125. The molecular weight excluding hydrogens is 504 g/mol. The first-order valence-corrected chi connectivity index (χ1v) is 12.9. The fourth-order valence-electron chi connectivity index (χ4n) is 3.42. The van der Waals surface area contributed by atoms with Crippen molar-refractivity contribution < 1.29 is 17.9 Å². The van der Waals surface area contributed by atoms with E-state index in [4.69, 9.17) is 4.74 Å². The Kier molecular flexibility index (Phi) is 8.29. The number of carbonyl (C=O) groups excluding carboxylic acids is 1. The second-order valence-corrected chi connectivity index (χ2v) is 10.3. The summed E-state index contributed by atoms with van der Waals surface area (Å²) >= 11 is 3.48. The Balaban J connectivity index is 1.60. The van der Waals surface area contributed by atoms with E-state index in [1.54, 1.807) is 6.92 Å². The fraction of sp³-hybridized carbons (Fsp3) is 0.240. The summed E-state index contributed by atoms with van der Waals surface area (Å²) < 4.78 is 34.6. The zero-order valence-corrected chi connectivity index (χ0v) is 21.2. The lowest BCUT2D eigenvalue weighted by molar-refractivity contribution is -0.118. The molecule has 0 aliphatic carbocycles. The molecule has 0 radical (unpaired) electrons. The highest BCUT2D eigenvalue weighted by atomic mass is 79.9. The highest BCUT2D eigenvalue weighted by Crippen LogP contribution is 2.26. The highest BCUT2D eigenvalue weighted by Gasteiger charge is 2.18. The van der Waals surface area contributed by atoms with Crippen molar-refractivity contribution in [1.82, 2.24) is 4.72 Å². The molecule has 0 saturated heterocycles. The van der Waals surface area contributed by atoms with Crippen LogP contribution in [-0.4, -0.2) is 20.9 Å². The van der Waals surface area contributed by atoms with Crippen LogP contribution in [-0.2, 0) is 21.2 Å². The van der Waals surface area contributed by atoms with E-state index < -0.39 is 10.0 Å². The number of ether oxygens (including phenoxy) is 1. The molecule has 6 nitrogen and oxygen atoms in total. The van der Waals surface area contributed by atoms with E-state index >= 15 is 0 Å². The van der Waals surface area contributed by atoms with Crippen LogP contribution in [0.15, 0.2) is 76.1 Å². The summed E-state index contributed by atoms with van der Waals surface area (Å²) in [5.41, 5.74) is 3.65. The van der Waals surface area contributed by atoms with Gasteiger partial charge >= 0.3 is 0 Å². The quantitative estimate of drug-likeness (QED) is 0.389. The highest BCUT2D eigenvalue weighted by molar-refractivity contribution is 9.10. The lowest BCUT2D eigenvalue weighted by Gasteiger charge is -2.15.